The van der Waals surface area contributed by atoms with Crippen molar-refractivity contribution in [3.05, 3.63) is 35.4 Å². The monoisotopic (exact) mass is 372 g/mol. The third-order valence-corrected chi connectivity index (χ3v) is 4.56. The molecular formula is C18H23F3N2O3. The van der Waals surface area contributed by atoms with Crippen LogP contribution in [0.5, 0.6) is 0 Å². The number of rotatable bonds is 5. The summed E-state index contributed by atoms with van der Waals surface area (Å²) in [6.45, 7) is 2.32. The number of carbonyl (C=O) groups excluding carboxylic acids is 2. The molecule has 1 aromatic carbocycles. The van der Waals surface area contributed by atoms with Gasteiger partial charge in [-0.1, -0.05) is 12.1 Å². The number of nitrogens with one attached hydrogen (secondary N) is 1. The van der Waals surface area contributed by atoms with Crippen LogP contribution >= 0.6 is 0 Å². The summed E-state index contributed by atoms with van der Waals surface area (Å²) >= 11 is 0. The molecule has 1 N–H and O–H groups in total. The molecule has 0 aromatic heterocycles. The van der Waals surface area contributed by atoms with Crippen molar-refractivity contribution in [3.8, 4) is 0 Å². The molecule has 0 aliphatic carbocycles. The molecule has 1 aliphatic rings. The molecule has 0 spiro atoms. The molecule has 2 atom stereocenters. The second-order valence-electron chi connectivity index (χ2n) is 6.37. The molecule has 1 aliphatic heterocycles. The summed E-state index contributed by atoms with van der Waals surface area (Å²) in [5.74, 6) is -0.810. The van der Waals surface area contributed by atoms with Crippen molar-refractivity contribution in [1.29, 1.82) is 0 Å². The lowest BCUT2D eigenvalue weighted by Gasteiger charge is -2.39. The fourth-order valence-corrected chi connectivity index (χ4v) is 3.22. The number of hydrogen-bond acceptors (Lipinski definition) is 3. The lowest BCUT2D eigenvalue weighted by atomic mass is 9.87. The van der Waals surface area contributed by atoms with Crippen molar-refractivity contribution in [3.63, 3.8) is 0 Å². The van der Waals surface area contributed by atoms with Crippen LogP contribution in [0.4, 0.5) is 13.2 Å². The van der Waals surface area contributed by atoms with Crippen molar-refractivity contribution in [2.24, 2.45) is 5.92 Å². The first kappa shape index (κ1) is 20.2. The highest BCUT2D eigenvalue weighted by atomic mass is 19.4. The minimum Gasteiger partial charge on any atom is -0.383 e. The van der Waals surface area contributed by atoms with Gasteiger partial charge in [-0.3, -0.25) is 9.59 Å². The first-order chi connectivity index (χ1) is 12.2. The van der Waals surface area contributed by atoms with Gasteiger partial charge in [0.2, 0.25) is 11.8 Å². The molecule has 2 rings (SSSR count). The van der Waals surface area contributed by atoms with Crippen LogP contribution in [0.25, 0.3) is 0 Å². The Kier molecular flexibility index (Phi) is 6.63. The molecule has 0 unspecified atom stereocenters. The minimum atomic E-state index is -4.44. The standard InChI is InChI=1S/C18H23F3N2O3/c1-12(24)23-11-14(17(25)22-8-9-26-2)6-7-16(23)13-4-3-5-15(10-13)18(19,20)21/h3-5,10,14,16H,6-9,11H2,1-2H3,(H,22,25)/t14-,16+/m0/s1. The number of nitrogens with zero attached hydrogens (tertiary/aromatic N) is 1. The average molecular weight is 372 g/mol. The topological polar surface area (TPSA) is 58.6 Å². The van der Waals surface area contributed by atoms with Crippen LogP contribution in [0.2, 0.25) is 0 Å². The van der Waals surface area contributed by atoms with E-state index in [9.17, 15) is 22.8 Å². The lowest BCUT2D eigenvalue weighted by Crippen LogP contribution is -2.46. The third-order valence-electron chi connectivity index (χ3n) is 4.56. The Bertz CT molecular complexity index is 649. The summed E-state index contributed by atoms with van der Waals surface area (Å²) in [5, 5.41) is 2.75. The molecule has 8 heteroatoms. The molecule has 144 valence electrons. The van der Waals surface area contributed by atoms with Crippen molar-refractivity contribution < 1.29 is 27.5 Å². The van der Waals surface area contributed by atoms with E-state index >= 15 is 0 Å². The van der Waals surface area contributed by atoms with Crippen LogP contribution < -0.4 is 5.32 Å². The maximum atomic E-state index is 13.0. The average Bonchev–Trinajstić information content (AvgIpc) is 2.60. The molecule has 1 aromatic rings. The highest BCUT2D eigenvalue weighted by Gasteiger charge is 2.36. The number of ether oxygens (including phenoxy) is 1. The van der Waals surface area contributed by atoms with Gasteiger partial charge in [0, 0.05) is 27.1 Å². The van der Waals surface area contributed by atoms with E-state index in [2.05, 4.69) is 5.32 Å². The SMILES string of the molecule is COCCNC(=O)[C@H]1CC[C@H](c2cccc(C(F)(F)F)c2)N(C(C)=O)C1. The smallest absolute Gasteiger partial charge is 0.383 e. The van der Waals surface area contributed by atoms with Gasteiger partial charge in [0.15, 0.2) is 0 Å². The van der Waals surface area contributed by atoms with Crippen LogP contribution in [-0.2, 0) is 20.5 Å². The Morgan fingerprint density at radius 2 is 2.04 bits per heavy atom. The first-order valence-electron chi connectivity index (χ1n) is 8.45. The quantitative estimate of drug-likeness (QED) is 0.809. The molecule has 1 saturated heterocycles. The Morgan fingerprint density at radius 3 is 2.65 bits per heavy atom. The van der Waals surface area contributed by atoms with E-state index in [1.807, 2.05) is 0 Å². The molecule has 1 fully saturated rings. The number of likely N-dealkylation sites (tertiary alicyclic amines) is 1. The van der Waals surface area contributed by atoms with Crippen LogP contribution in [0.3, 0.4) is 0 Å². The Hall–Kier alpha value is -2.09. The minimum absolute atomic E-state index is 0.171. The number of amides is 2. The number of methoxy groups -OCH3 is 1. The Balaban J connectivity index is 2.14. The third kappa shape index (κ3) is 4.97. The zero-order chi connectivity index (χ0) is 19.3. The zero-order valence-electron chi connectivity index (χ0n) is 14.8. The normalized spacial score (nSPS) is 20.7. The van der Waals surface area contributed by atoms with E-state index in [-0.39, 0.29) is 24.3 Å². The molecule has 2 amide bonds. The van der Waals surface area contributed by atoms with Crippen molar-refractivity contribution >= 4 is 11.8 Å². The van der Waals surface area contributed by atoms with Gasteiger partial charge in [0.05, 0.1) is 24.1 Å². The zero-order valence-corrected chi connectivity index (χ0v) is 14.8. The second kappa shape index (κ2) is 8.53. The van der Waals surface area contributed by atoms with Gasteiger partial charge in [-0.05, 0) is 30.5 Å². The van der Waals surface area contributed by atoms with E-state index in [4.69, 9.17) is 4.74 Å². The maximum absolute atomic E-state index is 13.0. The summed E-state index contributed by atoms with van der Waals surface area (Å²) in [6.07, 6.45) is -3.50. The van der Waals surface area contributed by atoms with Crippen LogP contribution in [-0.4, -0.2) is 43.5 Å². The molecule has 1 heterocycles. The first-order valence-corrected chi connectivity index (χ1v) is 8.45. The Labute approximate surface area is 150 Å². The fourth-order valence-electron chi connectivity index (χ4n) is 3.22. The molecular weight excluding hydrogens is 349 g/mol. The molecule has 0 saturated carbocycles. The predicted octanol–water partition coefficient (Wildman–Crippen LogP) is 2.77. The number of hydrogen-bond donors (Lipinski definition) is 1. The van der Waals surface area contributed by atoms with Gasteiger partial charge >= 0.3 is 6.18 Å². The molecule has 0 bridgehead atoms. The number of alkyl halides is 3. The van der Waals surface area contributed by atoms with Crippen molar-refractivity contribution in [2.75, 3.05) is 26.8 Å². The van der Waals surface area contributed by atoms with E-state index < -0.39 is 17.8 Å². The second-order valence-corrected chi connectivity index (χ2v) is 6.37. The van der Waals surface area contributed by atoms with Crippen LogP contribution in [0.1, 0.15) is 36.9 Å². The highest BCUT2D eigenvalue weighted by molar-refractivity contribution is 5.81. The predicted molar refractivity (Wildman–Crippen MR) is 89.2 cm³/mol. The molecule has 0 radical (unpaired) electrons. The lowest BCUT2D eigenvalue weighted by molar-refractivity contribution is -0.137. The Morgan fingerprint density at radius 1 is 1.31 bits per heavy atom. The van der Waals surface area contributed by atoms with Gasteiger partial charge in [-0.2, -0.15) is 13.2 Å². The van der Waals surface area contributed by atoms with E-state index in [1.165, 1.54) is 25.0 Å². The fraction of sp³-hybridized carbons (Fsp3) is 0.556. The van der Waals surface area contributed by atoms with Gasteiger partial charge in [0.1, 0.15) is 0 Å². The maximum Gasteiger partial charge on any atom is 0.416 e. The summed E-state index contributed by atoms with van der Waals surface area (Å²) < 4.78 is 43.8. The van der Waals surface area contributed by atoms with Crippen molar-refractivity contribution in [1.82, 2.24) is 10.2 Å². The van der Waals surface area contributed by atoms with Crippen molar-refractivity contribution in [2.45, 2.75) is 32.0 Å². The van der Waals surface area contributed by atoms with E-state index in [0.29, 0.717) is 31.6 Å². The summed E-state index contributed by atoms with van der Waals surface area (Å²) in [4.78, 5) is 25.7. The number of halogens is 3. The van der Waals surface area contributed by atoms with Crippen LogP contribution in [0.15, 0.2) is 24.3 Å². The van der Waals surface area contributed by atoms with Gasteiger partial charge in [-0.15, -0.1) is 0 Å². The largest absolute Gasteiger partial charge is 0.416 e. The number of benzene rings is 1. The number of carbonyl (C=O) groups is 2. The van der Waals surface area contributed by atoms with Gasteiger partial charge in [0.25, 0.3) is 0 Å². The number of piperidine rings is 1. The van der Waals surface area contributed by atoms with E-state index in [0.717, 1.165) is 12.1 Å². The van der Waals surface area contributed by atoms with Gasteiger partial charge in [-0.25, -0.2) is 0 Å². The molecule has 26 heavy (non-hydrogen) atoms. The summed E-state index contributed by atoms with van der Waals surface area (Å²) in [5.41, 5.74) is -0.300. The van der Waals surface area contributed by atoms with Crippen LogP contribution in [0, 0.1) is 5.92 Å². The van der Waals surface area contributed by atoms with E-state index in [1.54, 1.807) is 6.07 Å². The summed E-state index contributed by atoms with van der Waals surface area (Å²) in [6, 6.07) is 4.57. The van der Waals surface area contributed by atoms with Gasteiger partial charge < -0.3 is 15.0 Å². The highest BCUT2D eigenvalue weighted by Crippen LogP contribution is 2.36. The summed E-state index contributed by atoms with van der Waals surface area (Å²) in [7, 11) is 1.53. The molecule has 5 nitrogen and oxygen atoms in total.